The molecule has 138 valence electrons. The first-order valence-corrected chi connectivity index (χ1v) is 9.02. The molecule has 0 aliphatic heterocycles. The largest absolute Gasteiger partial charge is 0.480 e. The highest BCUT2D eigenvalue weighted by atomic mass is 35.5. The molecule has 0 saturated heterocycles. The molecule has 27 heavy (non-hydrogen) atoms. The summed E-state index contributed by atoms with van der Waals surface area (Å²) in [7, 11) is 0. The number of carboxylic acids is 1. The Kier molecular flexibility index (Phi) is 5.48. The highest BCUT2D eigenvalue weighted by molar-refractivity contribution is 8.00. The van der Waals surface area contributed by atoms with E-state index in [2.05, 4.69) is 4.98 Å². The van der Waals surface area contributed by atoms with Crippen molar-refractivity contribution in [2.75, 3.05) is 0 Å². The fourth-order valence-electron chi connectivity index (χ4n) is 2.29. The van der Waals surface area contributed by atoms with Crippen molar-refractivity contribution >= 4 is 35.0 Å². The number of nitro groups is 1. The summed E-state index contributed by atoms with van der Waals surface area (Å²) in [5.41, 5.74) is 1.78. The van der Waals surface area contributed by atoms with Gasteiger partial charge in [-0.15, -0.1) is 0 Å². The number of halogens is 1. The lowest BCUT2D eigenvalue weighted by atomic mass is 10.1. The van der Waals surface area contributed by atoms with Gasteiger partial charge in [-0.25, -0.2) is 4.98 Å². The van der Waals surface area contributed by atoms with Crippen LogP contribution in [0.1, 0.15) is 6.92 Å². The molecule has 3 rings (SSSR count). The van der Waals surface area contributed by atoms with E-state index in [1.54, 1.807) is 36.4 Å². The highest BCUT2D eigenvalue weighted by Crippen LogP contribution is 2.37. The van der Waals surface area contributed by atoms with Crippen LogP contribution in [0.4, 0.5) is 5.69 Å². The maximum Gasteiger partial charge on any atom is 0.316 e. The normalized spacial score (nSPS) is 11.9. The van der Waals surface area contributed by atoms with Gasteiger partial charge in [0.2, 0.25) is 0 Å². The second-order valence-corrected chi connectivity index (χ2v) is 7.30. The first-order chi connectivity index (χ1) is 12.8. The summed E-state index contributed by atoms with van der Waals surface area (Å²) in [5.74, 6) is -0.588. The van der Waals surface area contributed by atoms with Gasteiger partial charge in [-0.2, -0.15) is 0 Å². The number of aliphatic carboxylic acids is 1. The van der Waals surface area contributed by atoms with Crippen LogP contribution in [-0.2, 0) is 4.79 Å². The minimum absolute atomic E-state index is 0.0413. The van der Waals surface area contributed by atoms with Crippen LogP contribution < -0.4 is 0 Å². The van der Waals surface area contributed by atoms with Gasteiger partial charge in [-0.05, 0) is 31.2 Å². The predicted molar refractivity (Wildman–Crippen MR) is 102 cm³/mol. The predicted octanol–water partition coefficient (Wildman–Crippen LogP) is 5.14. The highest BCUT2D eigenvalue weighted by Gasteiger charge is 2.22. The lowest BCUT2D eigenvalue weighted by molar-refractivity contribution is -0.384. The van der Waals surface area contributed by atoms with E-state index in [9.17, 15) is 14.9 Å². The molecule has 1 heterocycles. The molecule has 0 aliphatic carbocycles. The summed E-state index contributed by atoms with van der Waals surface area (Å²) in [6, 6.07) is 12.8. The molecule has 9 heteroatoms. The molecule has 0 fully saturated rings. The molecule has 1 N–H and O–H groups in total. The number of carboxylic acid groups (broad SMARTS) is 1. The van der Waals surface area contributed by atoms with Gasteiger partial charge in [0, 0.05) is 28.3 Å². The van der Waals surface area contributed by atoms with Gasteiger partial charge in [-0.1, -0.05) is 35.5 Å². The Hall–Kier alpha value is -2.84. The Morgan fingerprint density at radius 1 is 1.19 bits per heavy atom. The van der Waals surface area contributed by atoms with Crippen LogP contribution in [0.5, 0.6) is 0 Å². The molecule has 3 aromatic rings. The molecule has 1 aromatic heterocycles. The molecule has 2 aromatic carbocycles. The monoisotopic (exact) mass is 404 g/mol. The van der Waals surface area contributed by atoms with Crippen molar-refractivity contribution in [3.63, 3.8) is 0 Å². The standard InChI is InChI=1S/C18H13ClN2O5S/c1-10(17(22)23)27-18-20-15(11-2-6-13(19)7-3-11)16(26-18)12-4-8-14(9-5-12)21(24)25/h2-10H,1H3,(H,22,23). The molecule has 1 unspecified atom stereocenters. The zero-order valence-corrected chi connectivity index (χ0v) is 15.5. The number of non-ortho nitro benzene ring substituents is 1. The SMILES string of the molecule is CC(Sc1nc(-c2ccc(Cl)cc2)c(-c2ccc([N+](=O)[O-])cc2)o1)C(=O)O. The lowest BCUT2D eigenvalue weighted by Crippen LogP contribution is -2.10. The van der Waals surface area contributed by atoms with Crippen molar-refractivity contribution in [3.8, 4) is 22.6 Å². The van der Waals surface area contributed by atoms with E-state index >= 15 is 0 Å². The van der Waals surface area contributed by atoms with E-state index in [0.29, 0.717) is 22.0 Å². The van der Waals surface area contributed by atoms with Crippen molar-refractivity contribution in [1.29, 1.82) is 0 Å². The summed E-state index contributed by atoms with van der Waals surface area (Å²) in [6.07, 6.45) is 0. The number of nitrogens with zero attached hydrogens (tertiary/aromatic N) is 2. The van der Waals surface area contributed by atoms with Crippen molar-refractivity contribution in [2.24, 2.45) is 0 Å². The maximum absolute atomic E-state index is 11.1. The summed E-state index contributed by atoms with van der Waals surface area (Å²) in [5, 5.41) is 20.0. The van der Waals surface area contributed by atoms with Crippen LogP contribution >= 0.6 is 23.4 Å². The lowest BCUT2D eigenvalue weighted by Gasteiger charge is -2.02. The topological polar surface area (TPSA) is 106 Å². The van der Waals surface area contributed by atoms with E-state index in [-0.39, 0.29) is 10.9 Å². The third-order valence-electron chi connectivity index (χ3n) is 3.69. The number of aromatic nitrogens is 1. The number of carbonyl (C=O) groups is 1. The van der Waals surface area contributed by atoms with E-state index in [0.717, 1.165) is 17.3 Å². The molecular weight excluding hydrogens is 392 g/mol. The number of hydrogen-bond acceptors (Lipinski definition) is 6. The van der Waals surface area contributed by atoms with E-state index < -0.39 is 16.1 Å². The summed E-state index contributed by atoms with van der Waals surface area (Å²) in [6.45, 7) is 1.53. The first kappa shape index (κ1) is 18.9. The van der Waals surface area contributed by atoms with Gasteiger partial charge in [-0.3, -0.25) is 14.9 Å². The maximum atomic E-state index is 11.1. The number of oxazole rings is 1. The molecule has 0 saturated carbocycles. The molecular formula is C18H13ClN2O5S. The number of nitro benzene ring substituents is 1. The van der Waals surface area contributed by atoms with Crippen molar-refractivity contribution in [1.82, 2.24) is 4.98 Å². The molecule has 0 spiro atoms. The van der Waals surface area contributed by atoms with Crippen LogP contribution in [0, 0.1) is 10.1 Å². The summed E-state index contributed by atoms with van der Waals surface area (Å²) >= 11 is 6.91. The molecule has 0 radical (unpaired) electrons. The van der Waals surface area contributed by atoms with Gasteiger partial charge in [0.15, 0.2) is 5.76 Å². The van der Waals surface area contributed by atoms with Gasteiger partial charge < -0.3 is 9.52 Å². The number of hydrogen-bond donors (Lipinski definition) is 1. The average molecular weight is 405 g/mol. The minimum atomic E-state index is -0.983. The summed E-state index contributed by atoms with van der Waals surface area (Å²) in [4.78, 5) is 25.9. The molecule has 0 aliphatic rings. The van der Waals surface area contributed by atoms with Gasteiger partial charge in [0.1, 0.15) is 10.9 Å². The Morgan fingerprint density at radius 2 is 1.78 bits per heavy atom. The fourth-order valence-corrected chi connectivity index (χ4v) is 3.09. The Bertz CT molecular complexity index is 986. The van der Waals surface area contributed by atoms with Crippen LogP contribution in [0.3, 0.4) is 0 Å². The third kappa shape index (κ3) is 4.29. The van der Waals surface area contributed by atoms with Crippen molar-refractivity contribution in [2.45, 2.75) is 17.4 Å². The first-order valence-electron chi connectivity index (χ1n) is 7.76. The van der Waals surface area contributed by atoms with Gasteiger partial charge >= 0.3 is 5.97 Å². The smallest absolute Gasteiger partial charge is 0.316 e. The zero-order valence-electron chi connectivity index (χ0n) is 14.0. The second kappa shape index (κ2) is 7.81. The van der Waals surface area contributed by atoms with Crippen molar-refractivity contribution < 1.29 is 19.2 Å². The zero-order chi connectivity index (χ0) is 19.6. The molecule has 0 amide bonds. The Labute approximate surface area is 163 Å². The van der Waals surface area contributed by atoms with Crippen LogP contribution in [-0.4, -0.2) is 26.2 Å². The van der Waals surface area contributed by atoms with E-state index in [4.69, 9.17) is 21.1 Å². The Morgan fingerprint density at radius 3 is 2.33 bits per heavy atom. The minimum Gasteiger partial charge on any atom is -0.480 e. The van der Waals surface area contributed by atoms with Crippen LogP contribution in [0.2, 0.25) is 5.02 Å². The third-order valence-corrected chi connectivity index (χ3v) is 4.87. The van der Waals surface area contributed by atoms with Crippen LogP contribution in [0.25, 0.3) is 22.6 Å². The Balaban J connectivity index is 2.06. The molecule has 0 bridgehead atoms. The number of benzene rings is 2. The van der Waals surface area contributed by atoms with Gasteiger partial charge in [0.05, 0.1) is 4.92 Å². The van der Waals surface area contributed by atoms with E-state index in [1.807, 2.05) is 0 Å². The van der Waals surface area contributed by atoms with Crippen LogP contribution in [0.15, 0.2) is 58.2 Å². The number of thioether (sulfide) groups is 1. The van der Waals surface area contributed by atoms with Gasteiger partial charge in [0.25, 0.3) is 10.9 Å². The average Bonchev–Trinajstić information content (AvgIpc) is 3.06. The van der Waals surface area contributed by atoms with Crippen molar-refractivity contribution in [3.05, 3.63) is 63.7 Å². The molecule has 1 atom stereocenters. The molecule has 7 nitrogen and oxygen atoms in total. The number of rotatable bonds is 6. The summed E-state index contributed by atoms with van der Waals surface area (Å²) < 4.78 is 5.79. The quantitative estimate of drug-likeness (QED) is 0.344. The van der Waals surface area contributed by atoms with E-state index in [1.165, 1.54) is 19.1 Å². The fraction of sp³-hybridized carbons (Fsp3) is 0.111. The second-order valence-electron chi connectivity index (χ2n) is 5.57.